The van der Waals surface area contributed by atoms with Crippen molar-refractivity contribution >= 4 is 50.9 Å². The van der Waals surface area contributed by atoms with Crippen LogP contribution in [0.1, 0.15) is 22.5 Å². The third-order valence-electron chi connectivity index (χ3n) is 5.28. The number of anilines is 1. The molecule has 1 N–H and O–H groups in total. The van der Waals surface area contributed by atoms with E-state index in [1.54, 1.807) is 18.2 Å². The van der Waals surface area contributed by atoms with E-state index in [2.05, 4.69) is 31.4 Å². The lowest BCUT2D eigenvalue weighted by Crippen LogP contribution is -2.15. The van der Waals surface area contributed by atoms with Crippen LogP contribution in [0.25, 0.3) is 5.69 Å². The lowest BCUT2D eigenvalue weighted by molar-refractivity contribution is -0.113. The first-order valence-corrected chi connectivity index (χ1v) is 13.1. The second-order valence-corrected chi connectivity index (χ2v) is 10.2. The maximum absolute atomic E-state index is 12.6. The molecule has 0 aliphatic heterocycles. The monoisotopic (exact) mass is 570 g/mol. The summed E-state index contributed by atoms with van der Waals surface area (Å²) in [5, 5.41) is 12.8. The van der Waals surface area contributed by atoms with Crippen LogP contribution < -0.4 is 10.1 Å². The zero-order valence-corrected chi connectivity index (χ0v) is 22.7. The fraction of sp³-hybridized carbons (Fsp3) is 0.192. The molecule has 35 heavy (non-hydrogen) atoms. The minimum absolute atomic E-state index is 0.162. The standard InChI is InChI=1S/C26H24BrClN4O2S/c1-16-7-10-20(11-8-16)32-23(14-34-25-17(2)5-4-6-18(25)3)30-31-26(32)35-15-24(33)29-19-9-12-21(27)22(28)13-19/h4-13H,14-15H2,1-3H3,(H,29,33). The molecular weight excluding hydrogens is 548 g/mol. The normalized spacial score (nSPS) is 10.9. The number of carbonyl (C=O) groups excluding carboxylic acids is 1. The number of hydrogen-bond donors (Lipinski definition) is 1. The predicted molar refractivity (Wildman–Crippen MR) is 145 cm³/mol. The lowest BCUT2D eigenvalue weighted by Gasteiger charge is -2.14. The summed E-state index contributed by atoms with van der Waals surface area (Å²) in [5.74, 6) is 1.49. The number of halogens is 2. The Labute approximate surface area is 222 Å². The number of benzene rings is 3. The molecule has 4 rings (SSSR count). The van der Waals surface area contributed by atoms with Gasteiger partial charge in [-0.15, -0.1) is 10.2 Å². The summed E-state index contributed by atoms with van der Waals surface area (Å²) >= 11 is 10.8. The molecule has 1 amide bonds. The molecule has 4 aromatic rings. The summed E-state index contributed by atoms with van der Waals surface area (Å²) < 4.78 is 8.85. The number of para-hydroxylation sites is 1. The molecule has 0 unspecified atom stereocenters. The van der Waals surface area contributed by atoms with Crippen LogP contribution in [0.5, 0.6) is 5.75 Å². The van der Waals surface area contributed by atoms with E-state index < -0.39 is 0 Å². The van der Waals surface area contributed by atoms with Crippen LogP contribution in [0, 0.1) is 20.8 Å². The summed E-state index contributed by atoms with van der Waals surface area (Å²) in [6.45, 7) is 6.32. The molecule has 0 fully saturated rings. The van der Waals surface area contributed by atoms with Crippen molar-refractivity contribution in [2.75, 3.05) is 11.1 Å². The van der Waals surface area contributed by atoms with Crippen LogP contribution in [0.2, 0.25) is 5.02 Å². The summed E-state index contributed by atoms with van der Waals surface area (Å²) in [6, 6.07) is 19.4. The van der Waals surface area contributed by atoms with E-state index in [4.69, 9.17) is 16.3 Å². The van der Waals surface area contributed by atoms with Crippen LogP contribution in [0.4, 0.5) is 5.69 Å². The third-order valence-corrected chi connectivity index (χ3v) is 7.44. The van der Waals surface area contributed by atoms with Gasteiger partial charge in [-0.05, 0) is 78.2 Å². The van der Waals surface area contributed by atoms with Crippen LogP contribution in [0.3, 0.4) is 0 Å². The van der Waals surface area contributed by atoms with Gasteiger partial charge in [0, 0.05) is 15.8 Å². The molecule has 3 aromatic carbocycles. The minimum Gasteiger partial charge on any atom is -0.485 e. The Balaban J connectivity index is 1.53. The highest BCUT2D eigenvalue weighted by Crippen LogP contribution is 2.28. The molecular formula is C26H24BrClN4O2S. The average Bonchev–Trinajstić information content (AvgIpc) is 3.23. The summed E-state index contributed by atoms with van der Waals surface area (Å²) in [5.41, 5.74) is 4.81. The second kappa shape index (κ2) is 11.3. The number of ether oxygens (including phenoxy) is 1. The molecule has 1 heterocycles. The van der Waals surface area contributed by atoms with Gasteiger partial charge >= 0.3 is 0 Å². The first-order valence-electron chi connectivity index (χ1n) is 10.9. The van der Waals surface area contributed by atoms with E-state index in [0.717, 1.165) is 32.6 Å². The Morgan fingerprint density at radius 2 is 1.77 bits per heavy atom. The smallest absolute Gasteiger partial charge is 0.234 e. The van der Waals surface area contributed by atoms with Crippen LogP contribution >= 0.6 is 39.3 Å². The first kappa shape index (κ1) is 25.3. The van der Waals surface area contributed by atoms with Crippen LogP contribution in [0.15, 0.2) is 70.3 Å². The van der Waals surface area contributed by atoms with Crippen molar-refractivity contribution in [2.24, 2.45) is 0 Å². The Kier molecular flexibility index (Phi) is 8.15. The maximum atomic E-state index is 12.6. The molecule has 0 radical (unpaired) electrons. The lowest BCUT2D eigenvalue weighted by atomic mass is 10.1. The Bertz CT molecular complexity index is 1340. The third kappa shape index (κ3) is 6.25. The quantitative estimate of drug-likeness (QED) is 0.233. The number of thioether (sulfide) groups is 1. The zero-order chi connectivity index (χ0) is 24.9. The van der Waals surface area contributed by atoms with Crippen molar-refractivity contribution in [3.05, 3.63) is 92.7 Å². The van der Waals surface area contributed by atoms with Gasteiger partial charge in [0.05, 0.1) is 10.8 Å². The summed E-state index contributed by atoms with van der Waals surface area (Å²) in [7, 11) is 0. The van der Waals surface area contributed by atoms with E-state index >= 15 is 0 Å². The Morgan fingerprint density at radius 3 is 2.46 bits per heavy atom. The van der Waals surface area contributed by atoms with Crippen molar-refractivity contribution in [2.45, 2.75) is 32.5 Å². The number of nitrogens with one attached hydrogen (secondary N) is 1. The SMILES string of the molecule is Cc1ccc(-n2c(COc3c(C)cccc3C)nnc2SCC(=O)Nc2ccc(Br)c(Cl)c2)cc1. The fourth-order valence-electron chi connectivity index (χ4n) is 3.51. The summed E-state index contributed by atoms with van der Waals surface area (Å²) in [6.07, 6.45) is 0. The Morgan fingerprint density at radius 1 is 1.06 bits per heavy atom. The first-order chi connectivity index (χ1) is 16.8. The number of aromatic nitrogens is 3. The second-order valence-electron chi connectivity index (χ2n) is 8.05. The molecule has 0 aliphatic carbocycles. The van der Waals surface area contributed by atoms with E-state index in [1.165, 1.54) is 11.8 Å². The van der Waals surface area contributed by atoms with Gasteiger partial charge in [-0.25, -0.2) is 0 Å². The van der Waals surface area contributed by atoms with Crippen LogP contribution in [-0.2, 0) is 11.4 Å². The van der Waals surface area contributed by atoms with Gasteiger partial charge < -0.3 is 10.1 Å². The van der Waals surface area contributed by atoms with Gasteiger partial charge in [0.1, 0.15) is 12.4 Å². The molecule has 6 nitrogen and oxygen atoms in total. The van der Waals surface area contributed by atoms with Crippen molar-refractivity contribution in [1.82, 2.24) is 14.8 Å². The van der Waals surface area contributed by atoms with Crippen molar-refractivity contribution < 1.29 is 9.53 Å². The van der Waals surface area contributed by atoms with E-state index in [9.17, 15) is 4.79 Å². The highest BCUT2D eigenvalue weighted by molar-refractivity contribution is 9.10. The average molecular weight is 572 g/mol. The number of carbonyl (C=O) groups is 1. The van der Waals surface area contributed by atoms with Gasteiger partial charge in [0.15, 0.2) is 11.0 Å². The highest BCUT2D eigenvalue weighted by atomic mass is 79.9. The molecule has 180 valence electrons. The predicted octanol–water partition coefficient (Wildman–Crippen LogP) is 6.92. The molecule has 0 bridgehead atoms. The molecule has 0 saturated carbocycles. The van der Waals surface area contributed by atoms with Crippen LogP contribution in [-0.4, -0.2) is 26.4 Å². The van der Waals surface area contributed by atoms with Gasteiger partial charge in [-0.3, -0.25) is 9.36 Å². The fourth-order valence-corrected chi connectivity index (χ4v) is 4.70. The van der Waals surface area contributed by atoms with E-state index in [-0.39, 0.29) is 18.3 Å². The highest BCUT2D eigenvalue weighted by Gasteiger charge is 2.17. The molecule has 0 aliphatic rings. The molecule has 9 heteroatoms. The number of rotatable bonds is 8. The molecule has 1 aromatic heterocycles. The minimum atomic E-state index is -0.166. The van der Waals surface area contributed by atoms with E-state index in [1.807, 2.05) is 67.8 Å². The van der Waals surface area contributed by atoms with Gasteiger partial charge in [0.25, 0.3) is 0 Å². The molecule has 0 spiro atoms. The zero-order valence-electron chi connectivity index (χ0n) is 19.5. The Hall–Kier alpha value is -2.81. The topological polar surface area (TPSA) is 69.0 Å². The number of hydrogen-bond acceptors (Lipinski definition) is 5. The molecule has 0 atom stereocenters. The van der Waals surface area contributed by atoms with E-state index in [0.29, 0.717) is 21.7 Å². The van der Waals surface area contributed by atoms with Crippen molar-refractivity contribution in [3.8, 4) is 11.4 Å². The van der Waals surface area contributed by atoms with Gasteiger partial charge in [-0.1, -0.05) is 59.3 Å². The molecule has 0 saturated heterocycles. The van der Waals surface area contributed by atoms with Crippen molar-refractivity contribution in [1.29, 1.82) is 0 Å². The number of amides is 1. The summed E-state index contributed by atoms with van der Waals surface area (Å²) in [4.78, 5) is 12.6. The largest absolute Gasteiger partial charge is 0.485 e. The van der Waals surface area contributed by atoms with Gasteiger partial charge in [0.2, 0.25) is 5.91 Å². The number of aryl methyl sites for hydroxylation is 3. The van der Waals surface area contributed by atoms with Crippen molar-refractivity contribution in [3.63, 3.8) is 0 Å². The maximum Gasteiger partial charge on any atom is 0.234 e. The number of nitrogens with zero attached hydrogens (tertiary/aromatic N) is 3. The van der Waals surface area contributed by atoms with Gasteiger partial charge in [-0.2, -0.15) is 0 Å².